The summed E-state index contributed by atoms with van der Waals surface area (Å²) in [6.45, 7) is 3.25. The van der Waals surface area contributed by atoms with Crippen molar-refractivity contribution in [1.29, 1.82) is 0 Å². The number of pyridine rings is 1. The Labute approximate surface area is 140 Å². The molecule has 2 N–H and O–H groups in total. The molecule has 1 aliphatic heterocycles. The fourth-order valence-electron chi connectivity index (χ4n) is 3.81. The van der Waals surface area contributed by atoms with Gasteiger partial charge in [-0.2, -0.15) is 0 Å². The minimum Gasteiger partial charge on any atom is -0.346 e. The molecule has 0 bridgehead atoms. The van der Waals surface area contributed by atoms with Crippen LogP contribution in [0.25, 0.3) is 0 Å². The number of nitrogens with zero attached hydrogens (tertiary/aromatic N) is 2. The van der Waals surface area contributed by atoms with E-state index in [9.17, 15) is 9.59 Å². The van der Waals surface area contributed by atoms with Gasteiger partial charge in [-0.15, -0.1) is 0 Å². The molecule has 2 aliphatic rings. The van der Waals surface area contributed by atoms with Crippen molar-refractivity contribution in [2.75, 3.05) is 13.1 Å². The number of amides is 1. The average molecular weight is 326 g/mol. The van der Waals surface area contributed by atoms with Gasteiger partial charge in [-0.05, 0) is 50.7 Å². The number of imidazole rings is 1. The van der Waals surface area contributed by atoms with Gasteiger partial charge >= 0.3 is 0 Å². The number of aromatic nitrogens is 3. The van der Waals surface area contributed by atoms with Crippen LogP contribution >= 0.6 is 0 Å². The van der Waals surface area contributed by atoms with Crippen LogP contribution in [0.15, 0.2) is 17.1 Å². The molecule has 0 spiro atoms. The van der Waals surface area contributed by atoms with Crippen molar-refractivity contribution in [3.05, 3.63) is 51.0 Å². The third kappa shape index (κ3) is 2.66. The predicted molar refractivity (Wildman–Crippen MR) is 90.3 cm³/mol. The molecule has 1 saturated heterocycles. The molecule has 3 heterocycles. The second-order valence-electron chi connectivity index (χ2n) is 6.91. The van der Waals surface area contributed by atoms with Crippen LogP contribution < -0.4 is 5.56 Å². The molecule has 6 heteroatoms. The maximum atomic E-state index is 12.8. The van der Waals surface area contributed by atoms with Gasteiger partial charge in [-0.1, -0.05) is 0 Å². The van der Waals surface area contributed by atoms with E-state index in [1.807, 2.05) is 19.2 Å². The van der Waals surface area contributed by atoms with Crippen molar-refractivity contribution in [3.63, 3.8) is 0 Å². The van der Waals surface area contributed by atoms with Crippen LogP contribution in [0.2, 0.25) is 0 Å². The molecule has 0 aromatic carbocycles. The van der Waals surface area contributed by atoms with E-state index >= 15 is 0 Å². The molecule has 1 amide bonds. The van der Waals surface area contributed by atoms with Gasteiger partial charge in [0.25, 0.3) is 11.5 Å². The molecule has 4 rings (SSSR count). The second-order valence-corrected chi connectivity index (χ2v) is 6.91. The quantitative estimate of drug-likeness (QED) is 0.884. The lowest BCUT2D eigenvalue weighted by Crippen LogP contribution is -2.34. The standard InChI is InChI=1S/C18H22N4O2/c1-11-9-19-16(20-11)13-6-7-22(10-13)18(24)14-8-12-4-2-3-5-15(12)21-17(14)23/h8-9,13H,2-7,10H2,1H3,(H,19,20)(H,21,23)/t13-/m1/s1. The summed E-state index contributed by atoms with van der Waals surface area (Å²) < 4.78 is 0. The van der Waals surface area contributed by atoms with E-state index in [4.69, 9.17) is 0 Å². The molecule has 1 fully saturated rings. The summed E-state index contributed by atoms with van der Waals surface area (Å²) in [5, 5.41) is 0. The molecule has 0 radical (unpaired) electrons. The maximum absolute atomic E-state index is 12.8. The number of aromatic amines is 2. The number of aryl methyl sites for hydroxylation is 3. The van der Waals surface area contributed by atoms with Gasteiger partial charge < -0.3 is 14.9 Å². The zero-order valence-corrected chi connectivity index (χ0v) is 13.9. The Morgan fingerprint density at radius 1 is 1.29 bits per heavy atom. The number of H-pyrrole nitrogens is 2. The number of rotatable bonds is 2. The van der Waals surface area contributed by atoms with Gasteiger partial charge in [-0.3, -0.25) is 9.59 Å². The van der Waals surface area contributed by atoms with Crippen LogP contribution in [0, 0.1) is 6.92 Å². The van der Waals surface area contributed by atoms with E-state index in [-0.39, 0.29) is 22.9 Å². The molecule has 6 nitrogen and oxygen atoms in total. The molecule has 1 aliphatic carbocycles. The van der Waals surface area contributed by atoms with E-state index in [1.54, 1.807) is 4.90 Å². The lowest BCUT2D eigenvalue weighted by Gasteiger charge is -2.19. The lowest BCUT2D eigenvalue weighted by molar-refractivity contribution is 0.0788. The fraction of sp³-hybridized carbons (Fsp3) is 0.500. The molecular formula is C18H22N4O2. The van der Waals surface area contributed by atoms with E-state index in [1.165, 1.54) is 0 Å². The average Bonchev–Trinajstić information content (AvgIpc) is 3.22. The molecule has 2 aromatic rings. The fourth-order valence-corrected chi connectivity index (χ4v) is 3.81. The number of fused-ring (bicyclic) bond motifs is 1. The van der Waals surface area contributed by atoms with E-state index in [0.29, 0.717) is 13.1 Å². The Kier molecular flexibility index (Phi) is 3.75. The molecular weight excluding hydrogens is 304 g/mol. The molecule has 24 heavy (non-hydrogen) atoms. The summed E-state index contributed by atoms with van der Waals surface area (Å²) >= 11 is 0. The Hall–Kier alpha value is -2.37. The number of hydrogen-bond acceptors (Lipinski definition) is 3. The smallest absolute Gasteiger partial charge is 0.261 e. The van der Waals surface area contributed by atoms with Gasteiger partial charge in [0.05, 0.1) is 0 Å². The highest BCUT2D eigenvalue weighted by Crippen LogP contribution is 2.26. The molecule has 126 valence electrons. The number of carbonyl (C=O) groups excluding carboxylic acids is 1. The summed E-state index contributed by atoms with van der Waals surface area (Å²) in [6, 6.07) is 1.82. The van der Waals surface area contributed by atoms with Crippen LogP contribution in [0.4, 0.5) is 0 Å². The highest BCUT2D eigenvalue weighted by Gasteiger charge is 2.31. The zero-order valence-electron chi connectivity index (χ0n) is 13.9. The van der Waals surface area contributed by atoms with Gasteiger partial charge in [0.15, 0.2) is 0 Å². The van der Waals surface area contributed by atoms with Gasteiger partial charge in [0.2, 0.25) is 0 Å². The molecule has 2 aromatic heterocycles. The second kappa shape index (κ2) is 5.92. The predicted octanol–water partition coefficient (Wildman–Crippen LogP) is 1.91. The summed E-state index contributed by atoms with van der Waals surface area (Å²) in [5.41, 5.74) is 3.19. The minimum absolute atomic E-state index is 0.157. The first-order chi connectivity index (χ1) is 11.6. The molecule has 0 saturated carbocycles. The van der Waals surface area contributed by atoms with Crippen LogP contribution in [0.1, 0.15) is 58.3 Å². The normalized spacial score (nSPS) is 20.2. The number of nitrogens with one attached hydrogen (secondary N) is 2. The maximum Gasteiger partial charge on any atom is 0.261 e. The first-order valence-corrected chi connectivity index (χ1v) is 8.67. The van der Waals surface area contributed by atoms with Gasteiger partial charge in [0.1, 0.15) is 11.4 Å². The highest BCUT2D eigenvalue weighted by molar-refractivity contribution is 5.94. The van der Waals surface area contributed by atoms with Crippen LogP contribution in [0.5, 0.6) is 0 Å². The first kappa shape index (κ1) is 15.2. The lowest BCUT2D eigenvalue weighted by atomic mass is 9.95. The van der Waals surface area contributed by atoms with E-state index in [2.05, 4.69) is 15.0 Å². The van der Waals surface area contributed by atoms with Crippen molar-refractivity contribution in [2.24, 2.45) is 0 Å². The number of likely N-dealkylation sites (tertiary alicyclic amines) is 1. The number of hydrogen-bond donors (Lipinski definition) is 2. The van der Waals surface area contributed by atoms with Crippen molar-refractivity contribution < 1.29 is 4.79 Å². The van der Waals surface area contributed by atoms with Crippen molar-refractivity contribution in [3.8, 4) is 0 Å². The molecule has 0 unspecified atom stereocenters. The first-order valence-electron chi connectivity index (χ1n) is 8.67. The van der Waals surface area contributed by atoms with E-state index in [0.717, 1.165) is 54.9 Å². The third-order valence-corrected chi connectivity index (χ3v) is 5.15. The highest BCUT2D eigenvalue weighted by atomic mass is 16.2. The SMILES string of the molecule is Cc1cnc([C@@H]2CCN(C(=O)c3cc4c([nH]c3=O)CCCC4)C2)[nH]1. The largest absolute Gasteiger partial charge is 0.346 e. The van der Waals surface area contributed by atoms with Gasteiger partial charge in [-0.25, -0.2) is 4.98 Å². The van der Waals surface area contributed by atoms with Crippen molar-refractivity contribution in [2.45, 2.75) is 44.9 Å². The zero-order chi connectivity index (χ0) is 16.7. The van der Waals surface area contributed by atoms with Crippen LogP contribution in [-0.2, 0) is 12.8 Å². The van der Waals surface area contributed by atoms with Crippen LogP contribution in [0.3, 0.4) is 0 Å². The van der Waals surface area contributed by atoms with E-state index < -0.39 is 0 Å². The van der Waals surface area contributed by atoms with Gasteiger partial charge in [0, 0.05) is 36.6 Å². The summed E-state index contributed by atoms with van der Waals surface area (Å²) in [6.07, 6.45) is 6.77. The summed E-state index contributed by atoms with van der Waals surface area (Å²) in [7, 11) is 0. The van der Waals surface area contributed by atoms with Crippen LogP contribution in [-0.4, -0.2) is 38.8 Å². The topological polar surface area (TPSA) is 81.8 Å². The Bertz CT molecular complexity index is 836. The number of carbonyl (C=O) groups is 1. The Morgan fingerprint density at radius 2 is 2.12 bits per heavy atom. The Balaban J connectivity index is 1.55. The minimum atomic E-state index is -0.252. The molecule has 1 atom stereocenters. The third-order valence-electron chi connectivity index (χ3n) is 5.15. The summed E-state index contributed by atoms with van der Waals surface area (Å²) in [4.78, 5) is 37.5. The van der Waals surface area contributed by atoms with Crippen molar-refractivity contribution in [1.82, 2.24) is 19.9 Å². The summed E-state index contributed by atoms with van der Waals surface area (Å²) in [5.74, 6) is 0.997. The van der Waals surface area contributed by atoms with Crippen molar-refractivity contribution >= 4 is 5.91 Å². The monoisotopic (exact) mass is 326 g/mol. The Morgan fingerprint density at radius 3 is 2.92 bits per heavy atom.